The van der Waals surface area contributed by atoms with Gasteiger partial charge in [0.2, 0.25) is 0 Å². The fraction of sp³-hybridized carbons (Fsp3) is 1.00. The van der Waals surface area contributed by atoms with Crippen molar-refractivity contribution in [3.05, 3.63) is 0 Å². The van der Waals surface area contributed by atoms with Crippen LogP contribution in [0, 0.1) is 29.6 Å². The van der Waals surface area contributed by atoms with E-state index in [1.807, 2.05) is 0 Å². The molecule has 2 rings (SSSR count). The van der Waals surface area contributed by atoms with Crippen LogP contribution in [0.4, 0.5) is 0 Å². The van der Waals surface area contributed by atoms with Gasteiger partial charge < -0.3 is 14.2 Å². The summed E-state index contributed by atoms with van der Waals surface area (Å²) in [5.41, 5.74) is 0. The Morgan fingerprint density at radius 1 is 0.652 bits per heavy atom. The highest BCUT2D eigenvalue weighted by Crippen LogP contribution is 2.40. The molecule has 3 nitrogen and oxygen atoms in total. The van der Waals surface area contributed by atoms with Gasteiger partial charge >= 0.3 is 0 Å². The molecule has 0 aliphatic carbocycles. The summed E-state index contributed by atoms with van der Waals surface area (Å²) in [6.45, 7) is 18.1. The van der Waals surface area contributed by atoms with E-state index in [0.717, 1.165) is 12.8 Å². The molecular weight excluding hydrogens is 288 g/mol. The molecule has 23 heavy (non-hydrogen) atoms. The highest BCUT2D eigenvalue weighted by atomic mass is 16.7. The van der Waals surface area contributed by atoms with E-state index in [0.29, 0.717) is 41.8 Å². The molecule has 10 atom stereocenters. The Hall–Kier alpha value is -0.120. The smallest absolute Gasteiger partial charge is 0.161 e. The van der Waals surface area contributed by atoms with E-state index < -0.39 is 0 Å². The van der Waals surface area contributed by atoms with E-state index in [9.17, 15) is 0 Å². The number of ether oxygens (including phenoxy) is 3. The molecule has 2 saturated heterocycles. The second-order valence-corrected chi connectivity index (χ2v) is 8.14. The van der Waals surface area contributed by atoms with Crippen molar-refractivity contribution in [1.82, 2.24) is 0 Å². The zero-order valence-corrected chi connectivity index (χ0v) is 16.4. The van der Waals surface area contributed by atoms with Crippen LogP contribution in [0.25, 0.3) is 0 Å². The number of hydrogen-bond acceptors (Lipinski definition) is 3. The first-order valence-corrected chi connectivity index (χ1v) is 9.78. The summed E-state index contributed by atoms with van der Waals surface area (Å²) in [4.78, 5) is 0. The van der Waals surface area contributed by atoms with Crippen LogP contribution in [0.1, 0.15) is 68.2 Å². The molecule has 0 aromatic rings. The topological polar surface area (TPSA) is 27.7 Å². The van der Waals surface area contributed by atoms with Crippen LogP contribution in [0.2, 0.25) is 0 Å². The lowest BCUT2D eigenvalue weighted by Crippen LogP contribution is -2.54. The van der Waals surface area contributed by atoms with Crippen LogP contribution in [-0.2, 0) is 14.2 Å². The molecule has 0 radical (unpaired) electrons. The Kier molecular flexibility index (Phi) is 6.55. The predicted octanol–water partition coefficient (Wildman–Crippen LogP) is 4.88. The lowest BCUT2D eigenvalue weighted by atomic mass is 9.77. The van der Waals surface area contributed by atoms with Crippen molar-refractivity contribution in [3.8, 4) is 0 Å². The molecule has 0 aromatic heterocycles. The molecule has 136 valence electrons. The molecule has 2 aliphatic rings. The summed E-state index contributed by atoms with van der Waals surface area (Å²) in [7, 11) is 0. The molecule has 0 aromatic carbocycles. The molecule has 0 spiro atoms. The third kappa shape index (κ3) is 3.77. The summed E-state index contributed by atoms with van der Waals surface area (Å²) in [6, 6.07) is 0. The average molecular weight is 327 g/mol. The monoisotopic (exact) mass is 326 g/mol. The largest absolute Gasteiger partial charge is 0.372 e. The van der Waals surface area contributed by atoms with Crippen molar-refractivity contribution in [1.29, 1.82) is 0 Å². The molecule has 0 N–H and O–H groups in total. The molecule has 0 saturated carbocycles. The van der Waals surface area contributed by atoms with Crippen LogP contribution in [0.5, 0.6) is 0 Å². The molecule has 5 unspecified atom stereocenters. The van der Waals surface area contributed by atoms with Gasteiger partial charge in [0.05, 0.1) is 24.4 Å². The highest BCUT2D eigenvalue weighted by Gasteiger charge is 2.45. The van der Waals surface area contributed by atoms with Gasteiger partial charge in [-0.2, -0.15) is 0 Å². The molecule has 0 bridgehead atoms. The molecule has 2 heterocycles. The van der Waals surface area contributed by atoms with Gasteiger partial charge in [0.15, 0.2) is 6.29 Å². The maximum absolute atomic E-state index is 6.58. The van der Waals surface area contributed by atoms with Crippen LogP contribution >= 0.6 is 0 Å². The zero-order valence-electron chi connectivity index (χ0n) is 16.4. The van der Waals surface area contributed by atoms with E-state index >= 15 is 0 Å². The molecular formula is C20H38O3. The van der Waals surface area contributed by atoms with Crippen molar-refractivity contribution in [2.45, 2.75) is 98.9 Å². The van der Waals surface area contributed by atoms with Gasteiger partial charge in [0, 0.05) is 5.92 Å². The number of rotatable bonds is 4. The average Bonchev–Trinajstić information content (AvgIpc) is 2.55. The first kappa shape index (κ1) is 19.2. The Bertz CT molecular complexity index is 368. The van der Waals surface area contributed by atoms with Crippen LogP contribution < -0.4 is 0 Å². The summed E-state index contributed by atoms with van der Waals surface area (Å²) >= 11 is 0. The maximum atomic E-state index is 6.58. The van der Waals surface area contributed by atoms with Gasteiger partial charge in [-0.25, -0.2) is 0 Å². The quantitative estimate of drug-likeness (QED) is 0.736. The minimum absolute atomic E-state index is 0.100. The lowest BCUT2D eigenvalue weighted by molar-refractivity contribution is -0.299. The summed E-state index contributed by atoms with van der Waals surface area (Å²) in [5.74, 6) is 2.65. The molecule has 2 aliphatic heterocycles. The van der Waals surface area contributed by atoms with Crippen molar-refractivity contribution in [3.63, 3.8) is 0 Å². The van der Waals surface area contributed by atoms with Gasteiger partial charge in [-0.3, -0.25) is 0 Å². The van der Waals surface area contributed by atoms with E-state index in [4.69, 9.17) is 14.2 Å². The van der Waals surface area contributed by atoms with Crippen molar-refractivity contribution in [2.24, 2.45) is 29.6 Å². The fourth-order valence-corrected chi connectivity index (χ4v) is 4.35. The van der Waals surface area contributed by atoms with Gasteiger partial charge in [0.1, 0.15) is 0 Å². The van der Waals surface area contributed by atoms with Gasteiger partial charge in [0.25, 0.3) is 0 Å². The van der Waals surface area contributed by atoms with Gasteiger partial charge in [-0.15, -0.1) is 0 Å². The summed E-state index contributed by atoms with van der Waals surface area (Å²) < 4.78 is 19.2. The SMILES string of the molecule is CCC1O[C@@H](O[C@H]2C(CC)OC(C)C(C)[C@H]2C)[C@@H](C)C(C)[C@H]1C. The second-order valence-electron chi connectivity index (χ2n) is 8.14. The minimum atomic E-state index is -0.100. The zero-order chi connectivity index (χ0) is 17.3. The first-order valence-electron chi connectivity index (χ1n) is 9.78. The lowest BCUT2D eigenvalue weighted by Gasteiger charge is -2.48. The van der Waals surface area contributed by atoms with E-state index in [2.05, 4.69) is 55.4 Å². The summed E-state index contributed by atoms with van der Waals surface area (Å²) in [5, 5.41) is 0. The van der Waals surface area contributed by atoms with E-state index in [1.54, 1.807) is 0 Å². The van der Waals surface area contributed by atoms with Crippen molar-refractivity contribution in [2.75, 3.05) is 0 Å². The standard InChI is InChI=1S/C20H38O3/c1-9-17-13(5)11(3)15(7)20(22-17)23-19-14(6)12(4)16(8)21-18(19)10-2/h11-20H,9-10H2,1-8H3/t11?,12?,13-,14-,15+,16?,17?,18?,19-,20+/m1/s1. The third-order valence-electron chi connectivity index (χ3n) is 6.92. The van der Waals surface area contributed by atoms with Gasteiger partial charge in [-0.05, 0) is 43.4 Å². The first-order chi connectivity index (χ1) is 10.8. The number of hydrogen-bond donors (Lipinski definition) is 0. The van der Waals surface area contributed by atoms with E-state index in [1.165, 1.54) is 0 Å². The Labute approximate surface area is 143 Å². The molecule has 0 amide bonds. The van der Waals surface area contributed by atoms with Crippen LogP contribution in [-0.4, -0.2) is 30.7 Å². The summed E-state index contributed by atoms with van der Waals surface area (Å²) in [6.07, 6.45) is 2.88. The highest BCUT2D eigenvalue weighted by molar-refractivity contribution is 4.89. The van der Waals surface area contributed by atoms with Crippen LogP contribution in [0.15, 0.2) is 0 Å². The van der Waals surface area contributed by atoms with Crippen molar-refractivity contribution < 1.29 is 14.2 Å². The molecule has 2 fully saturated rings. The third-order valence-corrected chi connectivity index (χ3v) is 6.92. The maximum Gasteiger partial charge on any atom is 0.161 e. The second kappa shape index (κ2) is 7.84. The van der Waals surface area contributed by atoms with Crippen molar-refractivity contribution >= 4 is 0 Å². The predicted molar refractivity (Wildman–Crippen MR) is 94.3 cm³/mol. The Morgan fingerprint density at radius 2 is 1.26 bits per heavy atom. The van der Waals surface area contributed by atoms with Crippen LogP contribution in [0.3, 0.4) is 0 Å². The fourth-order valence-electron chi connectivity index (χ4n) is 4.35. The molecule has 3 heteroatoms. The Morgan fingerprint density at radius 3 is 1.83 bits per heavy atom. The Balaban J connectivity index is 2.11. The normalized spacial score (nSPS) is 51.7. The minimum Gasteiger partial charge on any atom is -0.372 e. The van der Waals surface area contributed by atoms with Gasteiger partial charge in [-0.1, -0.05) is 48.5 Å². The van der Waals surface area contributed by atoms with E-state index in [-0.39, 0.29) is 18.5 Å².